The molecule has 9 heteroatoms. The molecule has 1 unspecified atom stereocenters. The lowest BCUT2D eigenvalue weighted by atomic mass is 10.3. The van der Waals surface area contributed by atoms with Gasteiger partial charge in [0.2, 0.25) is 5.95 Å². The Morgan fingerprint density at radius 2 is 2.21 bits per heavy atom. The van der Waals surface area contributed by atoms with Crippen LogP contribution in [0.3, 0.4) is 0 Å². The summed E-state index contributed by atoms with van der Waals surface area (Å²) < 4.78 is 17.0. The van der Waals surface area contributed by atoms with E-state index in [2.05, 4.69) is 40.9 Å². The molecule has 0 aliphatic heterocycles. The number of hydrogen-bond donors (Lipinski definition) is 3. The summed E-state index contributed by atoms with van der Waals surface area (Å²) in [4.78, 5) is 9.23. The van der Waals surface area contributed by atoms with Crippen LogP contribution in [0.4, 0.5) is 17.5 Å². The molecular weight excluding hydrogens is 394 g/mol. The summed E-state index contributed by atoms with van der Waals surface area (Å²) in [5, 5.41) is 15.3. The molecule has 0 fully saturated rings. The van der Waals surface area contributed by atoms with E-state index in [1.165, 1.54) is 0 Å². The first-order valence-corrected chi connectivity index (χ1v) is 9.94. The van der Waals surface area contributed by atoms with Crippen molar-refractivity contribution in [3.05, 3.63) is 34.9 Å². The zero-order valence-corrected chi connectivity index (χ0v) is 16.1. The van der Waals surface area contributed by atoms with Crippen molar-refractivity contribution in [3.63, 3.8) is 0 Å². The highest BCUT2D eigenvalue weighted by Gasteiger charge is 2.10. The Hall–Kier alpha value is -1.71. The second-order valence-corrected chi connectivity index (χ2v) is 8.55. The van der Waals surface area contributed by atoms with Crippen molar-refractivity contribution in [2.24, 2.45) is 4.36 Å². The number of anilines is 3. The summed E-state index contributed by atoms with van der Waals surface area (Å²) in [5.41, 5.74) is 0.717. The molecule has 0 saturated carbocycles. The average Bonchev–Trinajstić information content (AvgIpc) is 2.58. The van der Waals surface area contributed by atoms with Crippen molar-refractivity contribution in [1.82, 2.24) is 9.97 Å². The second-order valence-electron chi connectivity index (χ2n) is 5.26. The number of rotatable bonds is 6. The van der Waals surface area contributed by atoms with Gasteiger partial charge >= 0.3 is 0 Å². The first-order chi connectivity index (χ1) is 11.4. The molecule has 0 spiro atoms. The molecule has 0 aliphatic rings. The molecule has 1 aromatic heterocycles. The summed E-state index contributed by atoms with van der Waals surface area (Å²) in [6.45, 7) is 1.84. The van der Waals surface area contributed by atoms with Gasteiger partial charge in [-0.2, -0.15) is 4.98 Å². The van der Waals surface area contributed by atoms with Crippen molar-refractivity contribution in [2.45, 2.75) is 17.9 Å². The first-order valence-electron chi connectivity index (χ1n) is 7.23. The largest absolute Gasteiger partial charge is 0.394 e. The highest BCUT2D eigenvalue weighted by molar-refractivity contribution is 9.10. The predicted molar refractivity (Wildman–Crippen MR) is 100 cm³/mol. The van der Waals surface area contributed by atoms with Crippen molar-refractivity contribution in [2.75, 3.05) is 30.5 Å². The van der Waals surface area contributed by atoms with Gasteiger partial charge in [0.05, 0.1) is 20.8 Å². The van der Waals surface area contributed by atoms with Crippen molar-refractivity contribution < 1.29 is 9.32 Å². The number of halogens is 1. The molecule has 130 valence electrons. The van der Waals surface area contributed by atoms with Crippen molar-refractivity contribution >= 4 is 43.1 Å². The van der Waals surface area contributed by atoms with Crippen LogP contribution in [0.2, 0.25) is 0 Å². The minimum atomic E-state index is -2.40. The standard InChI is InChI=1S/C15H20BrN5O2S/c1-10(9-22)19-14-13(16)8-18-15(21-14)20-11-5-4-6-12(7-11)24(3,23)17-2/h4-8,10,22H,9H2,1-3H3,(H2,18,19,20,21)/t10-,24?/m1/s1. The van der Waals surface area contributed by atoms with Gasteiger partial charge in [0.15, 0.2) is 0 Å². The van der Waals surface area contributed by atoms with Crippen molar-refractivity contribution in [3.8, 4) is 0 Å². The maximum atomic E-state index is 12.3. The van der Waals surface area contributed by atoms with E-state index in [9.17, 15) is 4.21 Å². The number of hydrogen-bond acceptors (Lipinski definition) is 7. The van der Waals surface area contributed by atoms with Gasteiger partial charge in [-0.25, -0.2) is 13.6 Å². The Balaban J connectivity index is 2.27. The van der Waals surface area contributed by atoms with Gasteiger partial charge in [-0.15, -0.1) is 0 Å². The Morgan fingerprint density at radius 1 is 1.46 bits per heavy atom. The highest BCUT2D eigenvalue weighted by atomic mass is 79.9. The third-order valence-electron chi connectivity index (χ3n) is 3.28. The van der Waals surface area contributed by atoms with E-state index in [0.29, 0.717) is 26.8 Å². The first kappa shape index (κ1) is 18.6. The molecule has 0 radical (unpaired) electrons. The molecule has 2 atom stereocenters. The van der Waals surface area contributed by atoms with Crippen LogP contribution >= 0.6 is 15.9 Å². The van der Waals surface area contributed by atoms with Crippen LogP contribution in [0.25, 0.3) is 0 Å². The topological polar surface area (TPSA) is 99.5 Å². The van der Waals surface area contributed by atoms with Gasteiger partial charge in [0.1, 0.15) is 5.82 Å². The minimum absolute atomic E-state index is 0.00731. The van der Waals surface area contributed by atoms with Gasteiger partial charge in [-0.05, 0) is 41.1 Å². The Bertz CT molecular complexity index is 836. The zero-order chi connectivity index (χ0) is 17.7. The lowest BCUT2D eigenvalue weighted by Gasteiger charge is -2.14. The van der Waals surface area contributed by atoms with Gasteiger partial charge in [0.25, 0.3) is 0 Å². The summed E-state index contributed by atoms with van der Waals surface area (Å²) in [7, 11) is -0.858. The van der Waals surface area contributed by atoms with E-state index in [-0.39, 0.29) is 12.6 Å². The maximum absolute atomic E-state index is 12.3. The monoisotopic (exact) mass is 413 g/mol. The molecule has 0 bridgehead atoms. The molecule has 0 saturated heterocycles. The van der Waals surface area contributed by atoms with Crippen LogP contribution in [0.5, 0.6) is 0 Å². The number of benzene rings is 1. The second kappa shape index (κ2) is 7.91. The molecule has 0 amide bonds. The molecule has 1 aromatic carbocycles. The smallest absolute Gasteiger partial charge is 0.229 e. The number of nitrogens with zero attached hydrogens (tertiary/aromatic N) is 3. The third-order valence-corrected chi connectivity index (χ3v) is 5.68. The zero-order valence-electron chi connectivity index (χ0n) is 13.7. The number of aliphatic hydroxyl groups is 1. The molecule has 0 aliphatic carbocycles. The van der Waals surface area contributed by atoms with E-state index >= 15 is 0 Å². The quantitative estimate of drug-likeness (QED) is 0.672. The molecule has 2 rings (SSSR count). The predicted octanol–water partition coefficient (Wildman–Crippen LogP) is 2.86. The number of nitrogens with one attached hydrogen (secondary N) is 2. The van der Waals surface area contributed by atoms with E-state index in [4.69, 9.17) is 5.11 Å². The molecule has 2 aromatic rings. The maximum Gasteiger partial charge on any atom is 0.229 e. The fraction of sp³-hybridized carbons (Fsp3) is 0.333. The fourth-order valence-electron chi connectivity index (χ4n) is 1.85. The van der Waals surface area contributed by atoms with E-state index < -0.39 is 9.73 Å². The van der Waals surface area contributed by atoms with Crippen LogP contribution in [0.1, 0.15) is 6.92 Å². The Kier molecular flexibility index (Phi) is 6.14. The minimum Gasteiger partial charge on any atom is -0.394 e. The SMILES string of the molecule is CN=S(C)(=O)c1cccc(Nc2ncc(Br)c(N[C@H](C)CO)n2)c1. The summed E-state index contributed by atoms with van der Waals surface area (Å²) >= 11 is 3.37. The van der Waals surface area contributed by atoms with E-state index in [1.807, 2.05) is 13.0 Å². The van der Waals surface area contributed by atoms with Gasteiger partial charge in [-0.1, -0.05) is 6.07 Å². The van der Waals surface area contributed by atoms with E-state index in [0.717, 1.165) is 0 Å². The third kappa shape index (κ3) is 4.65. The van der Waals surface area contributed by atoms with Crippen molar-refractivity contribution in [1.29, 1.82) is 0 Å². The lowest BCUT2D eigenvalue weighted by molar-refractivity contribution is 0.281. The summed E-state index contributed by atoms with van der Waals surface area (Å²) in [6, 6.07) is 7.05. The van der Waals surface area contributed by atoms with Crippen LogP contribution in [0, 0.1) is 0 Å². The molecule has 24 heavy (non-hydrogen) atoms. The molecule has 1 heterocycles. The normalized spacial score (nSPS) is 14.5. The molecular formula is C15H20BrN5O2S. The van der Waals surface area contributed by atoms with Crippen LogP contribution in [-0.2, 0) is 9.73 Å². The van der Waals surface area contributed by atoms with Crippen LogP contribution in [0.15, 0.2) is 44.2 Å². The summed E-state index contributed by atoms with van der Waals surface area (Å²) in [6.07, 6.45) is 3.22. The van der Waals surface area contributed by atoms with Gasteiger partial charge < -0.3 is 15.7 Å². The summed E-state index contributed by atoms with van der Waals surface area (Å²) in [5.74, 6) is 0.965. The van der Waals surface area contributed by atoms with Crippen LogP contribution in [-0.4, -0.2) is 45.2 Å². The average molecular weight is 414 g/mol. The number of aliphatic hydroxyl groups excluding tert-OH is 1. The molecule has 3 N–H and O–H groups in total. The van der Waals surface area contributed by atoms with Crippen LogP contribution < -0.4 is 10.6 Å². The van der Waals surface area contributed by atoms with Gasteiger partial charge in [-0.3, -0.25) is 0 Å². The molecule has 7 nitrogen and oxygen atoms in total. The Morgan fingerprint density at radius 3 is 2.88 bits per heavy atom. The Labute approximate surface area is 150 Å². The fourth-order valence-corrected chi connectivity index (χ4v) is 3.04. The number of aromatic nitrogens is 2. The lowest BCUT2D eigenvalue weighted by Crippen LogP contribution is -2.20. The van der Waals surface area contributed by atoms with E-state index in [1.54, 1.807) is 37.7 Å². The highest BCUT2D eigenvalue weighted by Crippen LogP contribution is 2.23. The van der Waals surface area contributed by atoms with Gasteiger partial charge in [0, 0.05) is 36.1 Å².